The van der Waals surface area contributed by atoms with E-state index in [0.29, 0.717) is 0 Å². The number of carbonyl (C=O) groups is 1. The Kier molecular flexibility index (Phi) is 7.40. The van der Waals surface area contributed by atoms with Crippen molar-refractivity contribution in [1.82, 2.24) is 9.80 Å². The van der Waals surface area contributed by atoms with Gasteiger partial charge in [-0.3, -0.25) is 9.69 Å². The first-order chi connectivity index (χ1) is 7.22. The van der Waals surface area contributed by atoms with Gasteiger partial charge in [0.1, 0.15) is 0 Å². The summed E-state index contributed by atoms with van der Waals surface area (Å²) in [6.07, 6.45) is 3.44. The highest BCUT2D eigenvalue weighted by atomic mass is 35.5. The van der Waals surface area contributed by atoms with E-state index in [4.69, 9.17) is 5.73 Å². The number of nitrogens with zero attached hydrogens (tertiary/aromatic N) is 2. The average molecular weight is 284 g/mol. The smallest absolute Gasteiger partial charge is 0.239 e. The van der Waals surface area contributed by atoms with Crippen LogP contribution in [-0.2, 0) is 4.79 Å². The first-order valence-electron chi connectivity index (χ1n) is 6.00. The minimum absolute atomic E-state index is 0. The van der Waals surface area contributed by atoms with E-state index in [1.54, 1.807) is 0 Å². The van der Waals surface area contributed by atoms with Crippen molar-refractivity contribution < 1.29 is 4.79 Å². The van der Waals surface area contributed by atoms with Crippen molar-refractivity contribution in [2.24, 2.45) is 5.73 Å². The molecule has 1 aliphatic carbocycles. The van der Waals surface area contributed by atoms with Gasteiger partial charge in [0.2, 0.25) is 5.91 Å². The van der Waals surface area contributed by atoms with Gasteiger partial charge in [-0.15, -0.1) is 24.8 Å². The SMILES string of the molecule is CC[C@H](N)C(=O)N1CCN(C2CC2)CC1.Cl.Cl. The maximum atomic E-state index is 11.8. The van der Waals surface area contributed by atoms with Gasteiger partial charge in [0.05, 0.1) is 6.04 Å². The molecule has 17 heavy (non-hydrogen) atoms. The zero-order valence-corrected chi connectivity index (χ0v) is 11.9. The van der Waals surface area contributed by atoms with E-state index in [0.717, 1.165) is 38.6 Å². The first kappa shape index (κ1) is 17.0. The number of amides is 1. The molecule has 0 aromatic carbocycles. The predicted octanol–water partition coefficient (Wildman–Crippen LogP) is 0.874. The van der Waals surface area contributed by atoms with E-state index < -0.39 is 0 Å². The minimum atomic E-state index is -0.294. The van der Waals surface area contributed by atoms with Crippen LogP contribution in [0.5, 0.6) is 0 Å². The van der Waals surface area contributed by atoms with Crippen LogP contribution < -0.4 is 5.73 Å². The van der Waals surface area contributed by atoms with Crippen molar-refractivity contribution in [3.63, 3.8) is 0 Å². The summed E-state index contributed by atoms with van der Waals surface area (Å²) in [7, 11) is 0. The molecule has 0 unspecified atom stereocenters. The maximum Gasteiger partial charge on any atom is 0.239 e. The molecule has 0 aromatic rings. The molecule has 102 valence electrons. The summed E-state index contributed by atoms with van der Waals surface area (Å²) < 4.78 is 0. The van der Waals surface area contributed by atoms with Crippen LogP contribution in [0, 0.1) is 0 Å². The number of rotatable bonds is 3. The quantitative estimate of drug-likeness (QED) is 0.837. The van der Waals surface area contributed by atoms with Gasteiger partial charge >= 0.3 is 0 Å². The Morgan fingerprint density at radius 3 is 2.18 bits per heavy atom. The van der Waals surface area contributed by atoms with Gasteiger partial charge in [-0.05, 0) is 19.3 Å². The standard InChI is InChI=1S/C11H21N3O.2ClH/c1-2-10(12)11(15)14-7-5-13(6-8-14)9-3-4-9;;/h9-10H,2-8,12H2,1H3;2*1H/t10-;;/m0../s1. The lowest BCUT2D eigenvalue weighted by molar-refractivity contribution is -0.134. The molecule has 1 aliphatic heterocycles. The zero-order valence-electron chi connectivity index (χ0n) is 10.3. The lowest BCUT2D eigenvalue weighted by Crippen LogP contribution is -2.53. The van der Waals surface area contributed by atoms with Crippen molar-refractivity contribution in [1.29, 1.82) is 0 Å². The molecular weight excluding hydrogens is 261 g/mol. The molecule has 1 amide bonds. The molecule has 6 heteroatoms. The van der Waals surface area contributed by atoms with E-state index in [9.17, 15) is 4.79 Å². The van der Waals surface area contributed by atoms with Crippen molar-refractivity contribution in [2.75, 3.05) is 26.2 Å². The van der Waals surface area contributed by atoms with Gasteiger partial charge in [0, 0.05) is 32.2 Å². The van der Waals surface area contributed by atoms with Gasteiger partial charge in [0.25, 0.3) is 0 Å². The normalized spacial score (nSPS) is 22.4. The van der Waals surface area contributed by atoms with E-state index in [1.807, 2.05) is 11.8 Å². The van der Waals surface area contributed by atoms with Crippen LogP contribution in [0.1, 0.15) is 26.2 Å². The molecule has 2 aliphatic rings. The van der Waals surface area contributed by atoms with E-state index in [-0.39, 0.29) is 36.8 Å². The molecule has 0 spiro atoms. The van der Waals surface area contributed by atoms with Crippen LogP contribution in [0.15, 0.2) is 0 Å². The fourth-order valence-corrected chi connectivity index (χ4v) is 2.16. The second-order valence-corrected chi connectivity index (χ2v) is 4.61. The summed E-state index contributed by atoms with van der Waals surface area (Å²) >= 11 is 0. The molecule has 1 atom stereocenters. The van der Waals surface area contributed by atoms with Crippen molar-refractivity contribution in [2.45, 2.75) is 38.3 Å². The summed E-state index contributed by atoms with van der Waals surface area (Å²) in [5.41, 5.74) is 5.75. The zero-order chi connectivity index (χ0) is 10.8. The van der Waals surface area contributed by atoms with Crippen molar-refractivity contribution >= 4 is 30.7 Å². The molecule has 0 radical (unpaired) electrons. The molecule has 2 rings (SSSR count). The third-order valence-corrected chi connectivity index (χ3v) is 3.45. The monoisotopic (exact) mass is 283 g/mol. The molecule has 1 saturated carbocycles. The first-order valence-corrected chi connectivity index (χ1v) is 6.00. The van der Waals surface area contributed by atoms with Crippen LogP contribution in [-0.4, -0.2) is 54.0 Å². The Bertz CT molecular complexity index is 241. The molecule has 1 heterocycles. The lowest BCUT2D eigenvalue weighted by atomic mass is 10.2. The average Bonchev–Trinajstić information content (AvgIpc) is 3.11. The van der Waals surface area contributed by atoms with Crippen molar-refractivity contribution in [3.05, 3.63) is 0 Å². The highest BCUT2D eigenvalue weighted by Gasteiger charge is 2.32. The number of carbonyl (C=O) groups excluding carboxylic acids is 1. The second kappa shape index (κ2) is 7.41. The largest absolute Gasteiger partial charge is 0.339 e. The summed E-state index contributed by atoms with van der Waals surface area (Å²) in [5, 5.41) is 0. The molecular formula is C11H23Cl2N3O. The Morgan fingerprint density at radius 2 is 1.76 bits per heavy atom. The van der Waals surface area contributed by atoms with Crippen LogP contribution >= 0.6 is 24.8 Å². The third kappa shape index (κ3) is 4.28. The van der Waals surface area contributed by atoms with E-state index in [1.165, 1.54) is 12.8 Å². The Balaban J connectivity index is 0.00000128. The molecule has 4 nitrogen and oxygen atoms in total. The van der Waals surface area contributed by atoms with Gasteiger partial charge in [-0.25, -0.2) is 0 Å². The predicted molar refractivity (Wildman–Crippen MR) is 73.9 cm³/mol. The highest BCUT2D eigenvalue weighted by molar-refractivity contribution is 5.85. The topological polar surface area (TPSA) is 49.6 Å². The summed E-state index contributed by atoms with van der Waals surface area (Å²) in [4.78, 5) is 16.2. The summed E-state index contributed by atoms with van der Waals surface area (Å²) in [6, 6.07) is 0.527. The third-order valence-electron chi connectivity index (χ3n) is 3.45. The highest BCUT2D eigenvalue weighted by Crippen LogP contribution is 2.27. The number of hydrogen-bond acceptors (Lipinski definition) is 3. The molecule has 2 N–H and O–H groups in total. The maximum absolute atomic E-state index is 11.8. The second-order valence-electron chi connectivity index (χ2n) is 4.61. The molecule has 1 saturated heterocycles. The van der Waals surface area contributed by atoms with E-state index >= 15 is 0 Å². The number of hydrogen-bond donors (Lipinski definition) is 1. The van der Waals surface area contributed by atoms with Crippen molar-refractivity contribution in [3.8, 4) is 0 Å². The van der Waals surface area contributed by atoms with Crippen LogP contribution in [0.3, 0.4) is 0 Å². The van der Waals surface area contributed by atoms with Gasteiger partial charge < -0.3 is 10.6 Å². The van der Waals surface area contributed by atoms with Crippen LogP contribution in [0.2, 0.25) is 0 Å². The Hall–Kier alpha value is -0.0300. The summed E-state index contributed by atoms with van der Waals surface area (Å²) in [5.74, 6) is 0.132. The molecule has 2 fully saturated rings. The number of nitrogens with two attached hydrogens (primary N) is 1. The van der Waals surface area contributed by atoms with Crippen LogP contribution in [0.4, 0.5) is 0 Å². The molecule has 0 bridgehead atoms. The fraction of sp³-hybridized carbons (Fsp3) is 0.909. The van der Waals surface area contributed by atoms with Gasteiger partial charge in [-0.2, -0.15) is 0 Å². The van der Waals surface area contributed by atoms with E-state index in [2.05, 4.69) is 4.90 Å². The minimum Gasteiger partial charge on any atom is -0.339 e. The molecule has 0 aromatic heterocycles. The van der Waals surface area contributed by atoms with Gasteiger partial charge in [0.15, 0.2) is 0 Å². The lowest BCUT2D eigenvalue weighted by Gasteiger charge is -2.35. The summed E-state index contributed by atoms with van der Waals surface area (Å²) in [6.45, 7) is 5.76. The van der Waals surface area contributed by atoms with Gasteiger partial charge in [-0.1, -0.05) is 6.92 Å². The number of piperazine rings is 1. The number of halogens is 2. The Morgan fingerprint density at radius 1 is 1.24 bits per heavy atom. The van der Waals surface area contributed by atoms with Crippen LogP contribution in [0.25, 0.3) is 0 Å². The fourth-order valence-electron chi connectivity index (χ4n) is 2.16. The Labute approximate surface area is 116 Å².